The lowest BCUT2D eigenvalue weighted by Crippen LogP contribution is -2.45. The number of nitrogens with zero attached hydrogens (tertiary/aromatic N) is 1. The predicted octanol–water partition coefficient (Wildman–Crippen LogP) is 1.15. The van der Waals surface area contributed by atoms with E-state index in [4.69, 9.17) is 23.1 Å². The van der Waals surface area contributed by atoms with E-state index < -0.39 is 0 Å². The summed E-state index contributed by atoms with van der Waals surface area (Å²) in [5.41, 5.74) is 14.2. The van der Waals surface area contributed by atoms with Crippen molar-refractivity contribution in [3.05, 3.63) is 28.3 Å². The van der Waals surface area contributed by atoms with E-state index in [-0.39, 0.29) is 11.9 Å². The standard InChI is InChI=1S/C12H16ClN3O/c1-7(12(15)17)16-5-4-9-8(6-16)2-3-10(13)11(9)14/h2-3,7H,4-6,14H2,1H3,(H2,15,17). The molecule has 92 valence electrons. The molecule has 0 saturated heterocycles. The minimum absolute atomic E-state index is 0.250. The lowest BCUT2D eigenvalue weighted by molar-refractivity contribution is -0.123. The lowest BCUT2D eigenvalue weighted by atomic mass is 9.97. The third kappa shape index (κ3) is 2.23. The summed E-state index contributed by atoms with van der Waals surface area (Å²) in [6, 6.07) is 3.52. The number of hydrogen-bond acceptors (Lipinski definition) is 3. The molecule has 1 heterocycles. The molecule has 4 nitrogen and oxygen atoms in total. The molecular formula is C12H16ClN3O. The number of carbonyl (C=O) groups is 1. The highest BCUT2D eigenvalue weighted by Crippen LogP contribution is 2.30. The molecule has 4 N–H and O–H groups in total. The van der Waals surface area contributed by atoms with Crippen LogP contribution in [0.4, 0.5) is 5.69 Å². The highest BCUT2D eigenvalue weighted by atomic mass is 35.5. The number of hydrogen-bond donors (Lipinski definition) is 2. The first kappa shape index (κ1) is 12.2. The second-order valence-corrected chi connectivity index (χ2v) is 4.80. The number of rotatable bonds is 2. The summed E-state index contributed by atoms with van der Waals surface area (Å²) >= 11 is 5.98. The van der Waals surface area contributed by atoms with Gasteiger partial charge in [-0.3, -0.25) is 9.69 Å². The van der Waals surface area contributed by atoms with Gasteiger partial charge in [0.2, 0.25) is 5.91 Å². The number of amides is 1. The predicted molar refractivity (Wildman–Crippen MR) is 68.6 cm³/mol. The maximum Gasteiger partial charge on any atom is 0.234 e. The number of halogens is 1. The van der Waals surface area contributed by atoms with Crippen molar-refractivity contribution in [1.29, 1.82) is 0 Å². The summed E-state index contributed by atoms with van der Waals surface area (Å²) in [5.74, 6) is -0.296. The summed E-state index contributed by atoms with van der Waals surface area (Å²) in [5, 5.41) is 0.597. The van der Waals surface area contributed by atoms with Crippen molar-refractivity contribution in [3.63, 3.8) is 0 Å². The van der Waals surface area contributed by atoms with Crippen molar-refractivity contribution in [2.45, 2.75) is 25.9 Å². The number of fused-ring (bicyclic) bond motifs is 1. The van der Waals surface area contributed by atoms with Gasteiger partial charge in [-0.05, 0) is 30.5 Å². The van der Waals surface area contributed by atoms with Crippen LogP contribution in [0.25, 0.3) is 0 Å². The number of benzene rings is 1. The zero-order valence-corrected chi connectivity index (χ0v) is 10.5. The van der Waals surface area contributed by atoms with E-state index in [0.29, 0.717) is 17.3 Å². The Bertz CT molecular complexity index is 461. The van der Waals surface area contributed by atoms with Crippen LogP contribution in [0.1, 0.15) is 18.1 Å². The molecule has 0 fully saturated rings. The zero-order valence-electron chi connectivity index (χ0n) is 9.74. The Kier molecular flexibility index (Phi) is 3.26. The van der Waals surface area contributed by atoms with E-state index in [1.165, 1.54) is 0 Å². The van der Waals surface area contributed by atoms with Gasteiger partial charge in [-0.2, -0.15) is 0 Å². The van der Waals surface area contributed by atoms with Crippen LogP contribution in [0.2, 0.25) is 5.02 Å². The Labute approximate surface area is 106 Å². The van der Waals surface area contributed by atoms with Crippen molar-refractivity contribution < 1.29 is 4.79 Å². The smallest absolute Gasteiger partial charge is 0.234 e. The van der Waals surface area contributed by atoms with Crippen molar-refractivity contribution in [2.75, 3.05) is 12.3 Å². The normalized spacial score (nSPS) is 17.5. The second-order valence-electron chi connectivity index (χ2n) is 4.40. The Morgan fingerprint density at radius 1 is 1.53 bits per heavy atom. The third-order valence-corrected chi connectivity index (χ3v) is 3.71. The average molecular weight is 254 g/mol. The highest BCUT2D eigenvalue weighted by Gasteiger charge is 2.25. The van der Waals surface area contributed by atoms with Gasteiger partial charge in [0.1, 0.15) is 0 Å². The number of nitrogens with two attached hydrogens (primary N) is 2. The van der Waals surface area contributed by atoms with E-state index in [0.717, 1.165) is 24.1 Å². The molecular weight excluding hydrogens is 238 g/mol. The fourth-order valence-electron chi connectivity index (χ4n) is 2.19. The molecule has 0 saturated carbocycles. The van der Waals surface area contributed by atoms with E-state index in [9.17, 15) is 4.79 Å². The van der Waals surface area contributed by atoms with Crippen LogP contribution in [0, 0.1) is 0 Å². The topological polar surface area (TPSA) is 72.4 Å². The Morgan fingerprint density at radius 2 is 2.24 bits per heavy atom. The number of anilines is 1. The quantitative estimate of drug-likeness (QED) is 0.777. The summed E-state index contributed by atoms with van der Waals surface area (Å²) in [6.45, 7) is 3.30. The summed E-state index contributed by atoms with van der Waals surface area (Å²) in [6.07, 6.45) is 0.805. The molecule has 2 rings (SSSR count). The number of carbonyl (C=O) groups excluding carboxylic acids is 1. The van der Waals surface area contributed by atoms with Gasteiger partial charge >= 0.3 is 0 Å². The van der Waals surface area contributed by atoms with Crippen LogP contribution in [0.15, 0.2) is 12.1 Å². The lowest BCUT2D eigenvalue weighted by Gasteiger charge is -2.32. The highest BCUT2D eigenvalue weighted by molar-refractivity contribution is 6.33. The van der Waals surface area contributed by atoms with Crippen LogP contribution in [-0.2, 0) is 17.8 Å². The van der Waals surface area contributed by atoms with Crippen LogP contribution < -0.4 is 11.5 Å². The molecule has 5 heteroatoms. The molecule has 0 bridgehead atoms. The SMILES string of the molecule is CC(C(N)=O)N1CCc2c(ccc(Cl)c2N)C1. The minimum atomic E-state index is -0.296. The van der Waals surface area contributed by atoms with Gasteiger partial charge in [0.15, 0.2) is 0 Å². The third-order valence-electron chi connectivity index (χ3n) is 3.38. The van der Waals surface area contributed by atoms with Crippen molar-refractivity contribution in [1.82, 2.24) is 4.90 Å². The van der Waals surface area contributed by atoms with Gasteiger partial charge < -0.3 is 11.5 Å². The molecule has 0 radical (unpaired) electrons. The first-order chi connectivity index (χ1) is 8.00. The molecule has 17 heavy (non-hydrogen) atoms. The summed E-state index contributed by atoms with van der Waals surface area (Å²) < 4.78 is 0. The van der Waals surface area contributed by atoms with Gasteiger partial charge in [0.25, 0.3) is 0 Å². The van der Waals surface area contributed by atoms with Gasteiger partial charge in [-0.25, -0.2) is 0 Å². The monoisotopic (exact) mass is 253 g/mol. The molecule has 0 spiro atoms. The molecule has 1 unspecified atom stereocenters. The molecule has 1 aliphatic rings. The van der Waals surface area contributed by atoms with Gasteiger partial charge in [-0.1, -0.05) is 17.7 Å². The van der Waals surface area contributed by atoms with Crippen molar-refractivity contribution >= 4 is 23.2 Å². The minimum Gasteiger partial charge on any atom is -0.397 e. The van der Waals surface area contributed by atoms with Gasteiger partial charge in [0, 0.05) is 13.1 Å². The number of primary amides is 1. The summed E-state index contributed by atoms with van der Waals surface area (Å²) in [7, 11) is 0. The van der Waals surface area contributed by atoms with Crippen LogP contribution in [-0.4, -0.2) is 23.4 Å². The van der Waals surface area contributed by atoms with Crippen LogP contribution in [0.5, 0.6) is 0 Å². The van der Waals surface area contributed by atoms with E-state index in [1.54, 1.807) is 6.07 Å². The molecule has 1 aromatic rings. The van der Waals surface area contributed by atoms with Crippen LogP contribution >= 0.6 is 11.6 Å². The maximum absolute atomic E-state index is 11.2. The zero-order chi connectivity index (χ0) is 12.6. The summed E-state index contributed by atoms with van der Waals surface area (Å²) in [4.78, 5) is 13.2. The molecule has 0 aliphatic carbocycles. The first-order valence-corrected chi connectivity index (χ1v) is 5.97. The second kappa shape index (κ2) is 4.55. The average Bonchev–Trinajstić information content (AvgIpc) is 2.32. The molecule has 1 amide bonds. The maximum atomic E-state index is 11.2. The van der Waals surface area contributed by atoms with Gasteiger partial charge in [0.05, 0.1) is 16.8 Å². The fraction of sp³-hybridized carbons (Fsp3) is 0.417. The van der Waals surface area contributed by atoms with Crippen LogP contribution in [0.3, 0.4) is 0 Å². The van der Waals surface area contributed by atoms with E-state index in [2.05, 4.69) is 4.90 Å². The molecule has 1 atom stereocenters. The fourth-order valence-corrected chi connectivity index (χ4v) is 2.37. The molecule has 1 aliphatic heterocycles. The first-order valence-electron chi connectivity index (χ1n) is 5.59. The number of nitrogen functional groups attached to an aromatic ring is 1. The van der Waals surface area contributed by atoms with Crippen molar-refractivity contribution in [2.24, 2.45) is 5.73 Å². The Morgan fingerprint density at radius 3 is 2.88 bits per heavy atom. The van der Waals surface area contributed by atoms with E-state index >= 15 is 0 Å². The van der Waals surface area contributed by atoms with E-state index in [1.807, 2.05) is 13.0 Å². The molecule has 0 aromatic heterocycles. The largest absolute Gasteiger partial charge is 0.397 e. The molecule has 1 aromatic carbocycles. The van der Waals surface area contributed by atoms with Gasteiger partial charge in [-0.15, -0.1) is 0 Å². The van der Waals surface area contributed by atoms with Crippen molar-refractivity contribution in [3.8, 4) is 0 Å². The Balaban J connectivity index is 2.26. The Hall–Kier alpha value is -1.26.